The molecule has 0 aliphatic rings. The molecule has 0 amide bonds. The zero-order valence-electron chi connectivity index (χ0n) is 13.3. The van der Waals surface area contributed by atoms with Crippen LogP contribution in [0.2, 0.25) is 0 Å². The van der Waals surface area contributed by atoms with E-state index in [0.29, 0.717) is 19.0 Å². The molecule has 0 saturated carbocycles. The quantitative estimate of drug-likeness (QED) is 0.790. The van der Waals surface area contributed by atoms with Gasteiger partial charge in [0.15, 0.2) is 0 Å². The molecular weight excluding hydrogens is 298 g/mol. The number of hydrogen-bond donors (Lipinski definition) is 1. The number of rotatable bonds is 7. The van der Waals surface area contributed by atoms with Crippen molar-refractivity contribution < 1.29 is 23.9 Å². The van der Waals surface area contributed by atoms with Crippen molar-refractivity contribution in [3.05, 3.63) is 52.4 Å². The molecule has 2 rings (SSSR count). The van der Waals surface area contributed by atoms with Crippen LogP contribution in [0.25, 0.3) is 6.08 Å². The summed E-state index contributed by atoms with van der Waals surface area (Å²) in [5.74, 6) is 0.445. The number of carboxylic acids is 1. The third kappa shape index (κ3) is 4.43. The van der Waals surface area contributed by atoms with Gasteiger partial charge in [0.25, 0.3) is 0 Å². The number of aryl methyl sites for hydroxylation is 2. The average Bonchev–Trinajstić information content (AvgIpc) is 2.85. The summed E-state index contributed by atoms with van der Waals surface area (Å²) in [6, 6.07) is 5.41. The molecule has 0 atom stereocenters. The smallest absolute Gasteiger partial charge is 0.328 e. The molecule has 1 heterocycles. The largest absolute Gasteiger partial charge is 0.496 e. The van der Waals surface area contributed by atoms with E-state index < -0.39 is 5.97 Å². The van der Waals surface area contributed by atoms with Gasteiger partial charge in [-0.15, -0.1) is 0 Å². The number of methoxy groups -OCH3 is 1. The SMILES string of the molecule is COc1ccc(C=CC(=O)O)cc1COCc1c(C)noc1C. The van der Waals surface area contributed by atoms with E-state index in [1.165, 1.54) is 6.08 Å². The molecule has 0 radical (unpaired) electrons. The number of hydrogen-bond acceptors (Lipinski definition) is 5. The van der Waals surface area contributed by atoms with Gasteiger partial charge >= 0.3 is 5.97 Å². The van der Waals surface area contributed by atoms with Crippen LogP contribution in [0.4, 0.5) is 0 Å². The minimum absolute atomic E-state index is 0.335. The van der Waals surface area contributed by atoms with Crippen LogP contribution in [0, 0.1) is 13.8 Å². The maximum atomic E-state index is 10.6. The molecule has 0 bridgehead atoms. The third-order valence-electron chi connectivity index (χ3n) is 3.41. The van der Waals surface area contributed by atoms with Gasteiger partial charge in [0.05, 0.1) is 26.0 Å². The van der Waals surface area contributed by atoms with Gasteiger partial charge in [0, 0.05) is 17.2 Å². The molecule has 0 aliphatic heterocycles. The Balaban J connectivity index is 2.08. The van der Waals surface area contributed by atoms with Crippen molar-refractivity contribution in [1.29, 1.82) is 0 Å². The molecule has 0 unspecified atom stereocenters. The Kier molecular flexibility index (Phi) is 5.54. The summed E-state index contributed by atoms with van der Waals surface area (Å²) < 4.78 is 16.1. The number of aromatic nitrogens is 1. The topological polar surface area (TPSA) is 81.8 Å². The first kappa shape index (κ1) is 16.8. The summed E-state index contributed by atoms with van der Waals surface area (Å²) in [6.45, 7) is 4.44. The molecule has 0 spiro atoms. The summed E-state index contributed by atoms with van der Waals surface area (Å²) in [5, 5.41) is 12.6. The second-order valence-electron chi connectivity index (χ2n) is 5.04. The van der Waals surface area contributed by atoms with E-state index in [2.05, 4.69) is 5.16 Å². The van der Waals surface area contributed by atoms with Gasteiger partial charge in [0.1, 0.15) is 11.5 Å². The number of nitrogens with zero attached hydrogens (tertiary/aromatic N) is 1. The van der Waals surface area contributed by atoms with Gasteiger partial charge in [-0.3, -0.25) is 0 Å². The van der Waals surface area contributed by atoms with Crippen LogP contribution < -0.4 is 4.74 Å². The minimum Gasteiger partial charge on any atom is -0.496 e. The number of ether oxygens (including phenoxy) is 2. The molecule has 6 nitrogen and oxygen atoms in total. The summed E-state index contributed by atoms with van der Waals surface area (Å²) >= 11 is 0. The zero-order valence-corrected chi connectivity index (χ0v) is 13.3. The van der Waals surface area contributed by atoms with E-state index in [-0.39, 0.29) is 0 Å². The number of benzene rings is 1. The molecule has 1 aromatic carbocycles. The number of carbonyl (C=O) groups is 1. The fourth-order valence-electron chi connectivity index (χ4n) is 2.15. The average molecular weight is 317 g/mol. The van der Waals surface area contributed by atoms with Gasteiger partial charge in [-0.05, 0) is 37.6 Å². The van der Waals surface area contributed by atoms with Gasteiger partial charge in [-0.25, -0.2) is 4.79 Å². The molecule has 0 aliphatic carbocycles. The zero-order chi connectivity index (χ0) is 16.8. The highest BCUT2D eigenvalue weighted by atomic mass is 16.5. The molecule has 1 N–H and O–H groups in total. The molecule has 0 fully saturated rings. The lowest BCUT2D eigenvalue weighted by atomic mass is 10.1. The van der Waals surface area contributed by atoms with Gasteiger partial charge in [0.2, 0.25) is 0 Å². The van der Waals surface area contributed by atoms with E-state index in [1.54, 1.807) is 19.2 Å². The minimum atomic E-state index is -0.989. The fraction of sp³-hybridized carbons (Fsp3) is 0.294. The van der Waals surface area contributed by atoms with E-state index in [1.807, 2.05) is 19.9 Å². The van der Waals surface area contributed by atoms with Crippen molar-refractivity contribution in [2.75, 3.05) is 7.11 Å². The van der Waals surface area contributed by atoms with Crippen LogP contribution in [0.1, 0.15) is 28.1 Å². The summed E-state index contributed by atoms with van der Waals surface area (Å²) in [5.41, 5.74) is 3.36. The van der Waals surface area contributed by atoms with Crippen molar-refractivity contribution >= 4 is 12.0 Å². The Hall–Kier alpha value is -2.60. The Morgan fingerprint density at radius 2 is 2.13 bits per heavy atom. The van der Waals surface area contributed by atoms with Crippen molar-refractivity contribution in [2.24, 2.45) is 0 Å². The molecule has 1 aromatic heterocycles. The maximum absolute atomic E-state index is 10.6. The Labute approximate surface area is 134 Å². The second kappa shape index (κ2) is 7.60. The predicted molar refractivity (Wildman–Crippen MR) is 84.1 cm³/mol. The lowest BCUT2D eigenvalue weighted by Crippen LogP contribution is -1.99. The van der Waals surface area contributed by atoms with Crippen molar-refractivity contribution in [2.45, 2.75) is 27.1 Å². The van der Waals surface area contributed by atoms with E-state index in [9.17, 15) is 4.79 Å². The number of aliphatic carboxylic acids is 1. The monoisotopic (exact) mass is 317 g/mol. The van der Waals surface area contributed by atoms with Crippen LogP contribution in [-0.4, -0.2) is 23.3 Å². The molecular formula is C17H19NO5. The third-order valence-corrected chi connectivity index (χ3v) is 3.41. The molecule has 122 valence electrons. The second-order valence-corrected chi connectivity index (χ2v) is 5.04. The molecule has 23 heavy (non-hydrogen) atoms. The Morgan fingerprint density at radius 1 is 1.35 bits per heavy atom. The van der Waals surface area contributed by atoms with Crippen LogP contribution in [0.15, 0.2) is 28.8 Å². The molecule has 6 heteroatoms. The molecule has 2 aromatic rings. The van der Waals surface area contributed by atoms with Crippen LogP contribution >= 0.6 is 0 Å². The van der Waals surface area contributed by atoms with E-state index >= 15 is 0 Å². The first-order valence-electron chi connectivity index (χ1n) is 7.08. The Morgan fingerprint density at radius 3 is 2.74 bits per heavy atom. The standard InChI is InChI=1S/C17H19NO5/c1-11-15(12(2)23-18-11)10-22-9-14-8-13(5-7-17(19)20)4-6-16(14)21-3/h4-8H,9-10H2,1-3H3,(H,19,20). The van der Waals surface area contributed by atoms with E-state index in [4.69, 9.17) is 19.1 Å². The van der Waals surface area contributed by atoms with Crippen LogP contribution in [-0.2, 0) is 22.7 Å². The van der Waals surface area contributed by atoms with Crippen molar-refractivity contribution in [3.63, 3.8) is 0 Å². The van der Waals surface area contributed by atoms with E-state index in [0.717, 1.165) is 34.2 Å². The van der Waals surface area contributed by atoms with Crippen LogP contribution in [0.3, 0.4) is 0 Å². The first-order chi connectivity index (χ1) is 11.0. The summed E-state index contributed by atoms with van der Waals surface area (Å²) in [6.07, 6.45) is 2.62. The van der Waals surface area contributed by atoms with Crippen LogP contribution in [0.5, 0.6) is 5.75 Å². The molecule has 0 saturated heterocycles. The first-order valence-corrected chi connectivity index (χ1v) is 7.08. The van der Waals surface area contributed by atoms with Gasteiger partial charge in [-0.1, -0.05) is 11.2 Å². The normalized spacial score (nSPS) is 11.1. The lowest BCUT2D eigenvalue weighted by Gasteiger charge is -2.10. The van der Waals surface area contributed by atoms with Crippen molar-refractivity contribution in [1.82, 2.24) is 5.16 Å². The Bertz CT molecular complexity index is 698. The highest BCUT2D eigenvalue weighted by Crippen LogP contribution is 2.22. The van der Waals surface area contributed by atoms with Gasteiger partial charge < -0.3 is 19.1 Å². The highest BCUT2D eigenvalue weighted by molar-refractivity contribution is 5.85. The van der Waals surface area contributed by atoms with Crippen molar-refractivity contribution in [3.8, 4) is 5.75 Å². The summed E-state index contributed by atoms with van der Waals surface area (Å²) in [4.78, 5) is 10.6. The fourth-order valence-corrected chi connectivity index (χ4v) is 2.15. The maximum Gasteiger partial charge on any atom is 0.328 e. The lowest BCUT2D eigenvalue weighted by molar-refractivity contribution is -0.131. The highest BCUT2D eigenvalue weighted by Gasteiger charge is 2.10. The predicted octanol–water partition coefficient (Wildman–Crippen LogP) is 3.11. The number of carboxylic acid groups (broad SMARTS) is 1. The van der Waals surface area contributed by atoms with Gasteiger partial charge in [-0.2, -0.15) is 0 Å². The summed E-state index contributed by atoms with van der Waals surface area (Å²) in [7, 11) is 1.58.